The highest BCUT2D eigenvalue weighted by molar-refractivity contribution is 7.83. The van der Waals surface area contributed by atoms with Crippen LogP contribution in [-0.4, -0.2) is 59.4 Å². The number of aliphatic hydroxyl groups excluding tert-OH is 3. The minimum absolute atomic E-state index is 0.398. The van der Waals surface area contributed by atoms with Gasteiger partial charge in [-0.15, -0.1) is 0 Å². The van der Waals surface area contributed by atoms with E-state index in [-0.39, 0.29) is 0 Å². The predicted octanol–water partition coefficient (Wildman–Crippen LogP) is -2.16. The Morgan fingerprint density at radius 2 is 1.94 bits per heavy atom. The SMILES string of the molecule is CCC1C(CO)OC(O)C(NS(=O)(=O)O)C1O. The minimum Gasteiger partial charge on any atom is -0.394 e. The molecule has 0 aromatic rings. The lowest BCUT2D eigenvalue weighted by Crippen LogP contribution is -2.61. The Kier molecular flexibility index (Phi) is 4.84. The Morgan fingerprint density at radius 1 is 1.35 bits per heavy atom. The van der Waals surface area contributed by atoms with Crippen molar-refractivity contribution in [2.75, 3.05) is 6.61 Å². The van der Waals surface area contributed by atoms with Crippen molar-refractivity contribution in [2.45, 2.75) is 37.9 Å². The molecule has 1 aliphatic rings. The molecule has 1 aliphatic heterocycles. The number of rotatable bonds is 4. The van der Waals surface area contributed by atoms with Crippen LogP contribution in [0.4, 0.5) is 0 Å². The molecule has 0 aliphatic carbocycles. The van der Waals surface area contributed by atoms with Crippen LogP contribution in [0.1, 0.15) is 13.3 Å². The maximum absolute atomic E-state index is 10.7. The number of nitrogens with one attached hydrogen (secondary N) is 1. The van der Waals surface area contributed by atoms with Crippen molar-refractivity contribution in [1.29, 1.82) is 0 Å². The van der Waals surface area contributed by atoms with Gasteiger partial charge in [-0.05, 0) is 6.42 Å². The highest BCUT2D eigenvalue weighted by atomic mass is 32.2. The van der Waals surface area contributed by atoms with Gasteiger partial charge in [-0.2, -0.15) is 13.1 Å². The number of hydrogen-bond donors (Lipinski definition) is 5. The van der Waals surface area contributed by atoms with E-state index in [1.54, 1.807) is 11.6 Å². The molecule has 5 unspecified atom stereocenters. The van der Waals surface area contributed by atoms with Gasteiger partial charge in [0.05, 0.1) is 18.8 Å². The normalized spacial score (nSPS) is 39.2. The van der Waals surface area contributed by atoms with E-state index >= 15 is 0 Å². The first-order valence-electron chi connectivity index (χ1n) is 5.17. The molecule has 1 saturated heterocycles. The lowest BCUT2D eigenvalue weighted by atomic mass is 9.86. The van der Waals surface area contributed by atoms with E-state index in [1.807, 2.05) is 0 Å². The average Bonchev–Trinajstić information content (AvgIpc) is 2.22. The molecule has 0 saturated carbocycles. The molecular weight excluding hydrogens is 254 g/mol. The lowest BCUT2D eigenvalue weighted by Gasteiger charge is -2.41. The molecular formula is C8H17NO7S. The van der Waals surface area contributed by atoms with Gasteiger partial charge in [0.25, 0.3) is 0 Å². The van der Waals surface area contributed by atoms with Crippen LogP contribution in [0, 0.1) is 5.92 Å². The number of ether oxygens (including phenoxy) is 1. The molecule has 0 radical (unpaired) electrons. The summed E-state index contributed by atoms with van der Waals surface area (Å²) < 4.78 is 36.6. The molecule has 0 amide bonds. The second kappa shape index (κ2) is 5.57. The van der Waals surface area contributed by atoms with Crippen LogP contribution in [0.15, 0.2) is 0 Å². The van der Waals surface area contributed by atoms with Gasteiger partial charge in [-0.1, -0.05) is 6.92 Å². The molecule has 102 valence electrons. The maximum Gasteiger partial charge on any atom is 0.333 e. The van der Waals surface area contributed by atoms with Gasteiger partial charge in [-0.25, -0.2) is 0 Å². The summed E-state index contributed by atoms with van der Waals surface area (Å²) in [5, 5.41) is 28.4. The van der Waals surface area contributed by atoms with Crippen LogP contribution >= 0.6 is 0 Å². The molecule has 1 rings (SSSR count). The van der Waals surface area contributed by atoms with Gasteiger partial charge in [0, 0.05) is 5.92 Å². The van der Waals surface area contributed by atoms with E-state index in [2.05, 4.69) is 0 Å². The molecule has 8 nitrogen and oxygen atoms in total. The van der Waals surface area contributed by atoms with Crippen molar-refractivity contribution in [3.8, 4) is 0 Å². The lowest BCUT2D eigenvalue weighted by molar-refractivity contribution is -0.235. The highest BCUT2D eigenvalue weighted by Gasteiger charge is 2.44. The Morgan fingerprint density at radius 3 is 2.35 bits per heavy atom. The molecule has 0 aromatic carbocycles. The Bertz CT molecular complexity index is 346. The highest BCUT2D eigenvalue weighted by Crippen LogP contribution is 2.27. The van der Waals surface area contributed by atoms with Gasteiger partial charge in [0.2, 0.25) is 0 Å². The van der Waals surface area contributed by atoms with Crippen LogP contribution in [0.3, 0.4) is 0 Å². The van der Waals surface area contributed by atoms with E-state index in [4.69, 9.17) is 14.4 Å². The number of aliphatic hydroxyl groups is 3. The van der Waals surface area contributed by atoms with E-state index in [1.165, 1.54) is 0 Å². The topological polar surface area (TPSA) is 136 Å². The first-order chi connectivity index (χ1) is 7.80. The van der Waals surface area contributed by atoms with Gasteiger partial charge >= 0.3 is 10.3 Å². The van der Waals surface area contributed by atoms with E-state index in [0.29, 0.717) is 6.42 Å². The molecule has 0 spiro atoms. The molecule has 1 fully saturated rings. The van der Waals surface area contributed by atoms with Crippen molar-refractivity contribution < 1.29 is 33.0 Å². The zero-order valence-electron chi connectivity index (χ0n) is 9.22. The second-order valence-corrected chi connectivity index (χ2v) is 5.11. The van der Waals surface area contributed by atoms with Crippen molar-refractivity contribution in [3.63, 3.8) is 0 Å². The molecule has 0 bridgehead atoms. The van der Waals surface area contributed by atoms with E-state index in [9.17, 15) is 18.6 Å². The molecule has 0 aromatic heterocycles. The zero-order valence-corrected chi connectivity index (χ0v) is 10.0. The summed E-state index contributed by atoms with van der Waals surface area (Å²) in [6, 6.07) is -1.36. The monoisotopic (exact) mass is 271 g/mol. The zero-order chi connectivity index (χ0) is 13.2. The van der Waals surface area contributed by atoms with Crippen molar-refractivity contribution in [2.24, 2.45) is 5.92 Å². The summed E-state index contributed by atoms with van der Waals surface area (Å²) >= 11 is 0. The summed E-state index contributed by atoms with van der Waals surface area (Å²) in [7, 11) is -4.56. The molecule has 9 heteroatoms. The van der Waals surface area contributed by atoms with Crippen molar-refractivity contribution in [1.82, 2.24) is 4.72 Å². The third-order valence-electron chi connectivity index (χ3n) is 2.84. The van der Waals surface area contributed by atoms with Gasteiger partial charge in [0.15, 0.2) is 6.29 Å². The van der Waals surface area contributed by atoms with Gasteiger partial charge in [0.1, 0.15) is 6.04 Å². The summed E-state index contributed by atoms with van der Waals surface area (Å²) in [5.41, 5.74) is 0. The molecule has 1 heterocycles. The molecule has 17 heavy (non-hydrogen) atoms. The first kappa shape index (κ1) is 14.8. The van der Waals surface area contributed by atoms with Gasteiger partial charge < -0.3 is 20.1 Å². The van der Waals surface area contributed by atoms with E-state index in [0.717, 1.165) is 0 Å². The second-order valence-electron chi connectivity index (χ2n) is 3.93. The van der Waals surface area contributed by atoms with Gasteiger partial charge in [-0.3, -0.25) is 4.55 Å². The van der Waals surface area contributed by atoms with Crippen LogP contribution in [0.5, 0.6) is 0 Å². The fourth-order valence-corrected chi connectivity index (χ4v) is 2.60. The number of hydrogen-bond acceptors (Lipinski definition) is 6. The Balaban J connectivity index is 2.85. The Labute approximate surface area is 99.1 Å². The van der Waals surface area contributed by atoms with Crippen molar-refractivity contribution in [3.05, 3.63) is 0 Å². The third kappa shape index (κ3) is 3.58. The minimum atomic E-state index is -4.56. The summed E-state index contributed by atoms with van der Waals surface area (Å²) in [5.74, 6) is -0.539. The summed E-state index contributed by atoms with van der Waals surface area (Å²) in [6.45, 7) is 1.33. The quantitative estimate of drug-likeness (QED) is 0.367. The summed E-state index contributed by atoms with van der Waals surface area (Å²) in [4.78, 5) is 0. The maximum atomic E-state index is 10.7. The fraction of sp³-hybridized carbons (Fsp3) is 1.00. The third-order valence-corrected chi connectivity index (χ3v) is 3.41. The van der Waals surface area contributed by atoms with Crippen LogP contribution < -0.4 is 4.72 Å². The van der Waals surface area contributed by atoms with Crippen LogP contribution in [0.2, 0.25) is 0 Å². The molecule has 5 atom stereocenters. The first-order valence-corrected chi connectivity index (χ1v) is 6.61. The van der Waals surface area contributed by atoms with Crippen LogP contribution in [0.25, 0.3) is 0 Å². The van der Waals surface area contributed by atoms with E-state index < -0.39 is 47.4 Å². The van der Waals surface area contributed by atoms with Crippen molar-refractivity contribution >= 4 is 10.3 Å². The Hall–Kier alpha value is -0.290. The predicted molar refractivity (Wildman–Crippen MR) is 56.2 cm³/mol. The molecule has 5 N–H and O–H groups in total. The smallest absolute Gasteiger partial charge is 0.333 e. The van der Waals surface area contributed by atoms with Crippen LogP contribution in [-0.2, 0) is 15.0 Å². The fourth-order valence-electron chi connectivity index (χ4n) is 2.00. The summed E-state index contributed by atoms with van der Waals surface area (Å²) in [6.07, 6.45) is -3.25. The standard InChI is InChI=1S/C8H17NO7S/c1-2-4-5(3-10)16-8(12)6(7(4)11)9-17(13,14)15/h4-12H,2-3H2,1H3,(H,13,14,15). The average molecular weight is 271 g/mol. The largest absolute Gasteiger partial charge is 0.394 e.